The van der Waals surface area contributed by atoms with E-state index in [9.17, 15) is 4.79 Å². The van der Waals surface area contributed by atoms with Gasteiger partial charge in [-0.15, -0.1) is 0 Å². The van der Waals surface area contributed by atoms with E-state index in [1.165, 1.54) is 37.0 Å². The van der Waals surface area contributed by atoms with E-state index in [2.05, 4.69) is 29.2 Å². The van der Waals surface area contributed by atoms with E-state index in [0.717, 1.165) is 25.9 Å². The molecule has 0 saturated carbocycles. The van der Waals surface area contributed by atoms with Gasteiger partial charge in [-0.1, -0.05) is 11.6 Å². The molecular weight excluding hydrogens is 312 g/mol. The van der Waals surface area contributed by atoms with E-state index in [4.69, 9.17) is 0 Å². The molecule has 5 heteroatoms. The molecule has 2 aliphatic rings. The summed E-state index contributed by atoms with van der Waals surface area (Å²) in [4.78, 5) is 17.1. The molecule has 1 aliphatic carbocycles. The zero-order valence-corrected chi connectivity index (χ0v) is 15.9. The van der Waals surface area contributed by atoms with Crippen LogP contribution in [0.15, 0.2) is 23.9 Å². The highest BCUT2D eigenvalue weighted by atomic mass is 16.2. The molecule has 1 saturated heterocycles. The van der Waals surface area contributed by atoms with Crippen LogP contribution in [-0.4, -0.2) is 52.7 Å². The highest BCUT2D eigenvalue weighted by Crippen LogP contribution is 2.35. The number of carbonyl (C=O) groups excluding carboxylic acids is 1. The largest absolute Gasteiger partial charge is 0.345 e. The average molecular weight is 345 g/mol. The Morgan fingerprint density at radius 2 is 2.16 bits per heavy atom. The Morgan fingerprint density at radius 3 is 2.84 bits per heavy atom. The fraction of sp³-hybridized carbons (Fsp3) is 0.700. The molecule has 1 aromatic rings. The van der Waals surface area contributed by atoms with Crippen molar-refractivity contribution in [3.8, 4) is 0 Å². The Morgan fingerprint density at radius 1 is 1.32 bits per heavy atom. The smallest absolute Gasteiger partial charge is 0.226 e. The number of aromatic nitrogens is 2. The van der Waals surface area contributed by atoms with Crippen LogP contribution in [-0.2, 0) is 11.8 Å². The molecule has 5 nitrogen and oxygen atoms in total. The Balaban J connectivity index is 1.65. The van der Waals surface area contributed by atoms with Gasteiger partial charge in [0.05, 0.1) is 11.7 Å². The molecule has 1 amide bonds. The molecule has 25 heavy (non-hydrogen) atoms. The van der Waals surface area contributed by atoms with E-state index < -0.39 is 0 Å². The molecule has 1 aromatic heterocycles. The lowest BCUT2D eigenvalue weighted by molar-refractivity contribution is -0.130. The fourth-order valence-electron chi connectivity index (χ4n) is 4.44. The number of allylic oxidation sites excluding steroid dienone is 1. The number of amides is 1. The van der Waals surface area contributed by atoms with Gasteiger partial charge < -0.3 is 4.90 Å². The van der Waals surface area contributed by atoms with Crippen molar-refractivity contribution in [3.63, 3.8) is 0 Å². The summed E-state index contributed by atoms with van der Waals surface area (Å²) in [7, 11) is 6.18. The van der Waals surface area contributed by atoms with Gasteiger partial charge in [-0.05, 0) is 64.1 Å². The van der Waals surface area contributed by atoms with E-state index in [1.54, 1.807) is 0 Å². The number of rotatable bonds is 5. The Bertz CT molecular complexity index is 621. The van der Waals surface area contributed by atoms with Crippen LogP contribution in [0.3, 0.4) is 0 Å². The first-order chi connectivity index (χ1) is 12.1. The summed E-state index contributed by atoms with van der Waals surface area (Å²) in [6.07, 6.45) is 11.9. The summed E-state index contributed by atoms with van der Waals surface area (Å²) < 4.78 is 1.98. The van der Waals surface area contributed by atoms with Gasteiger partial charge in [-0.3, -0.25) is 14.4 Å². The number of aryl methyl sites for hydroxylation is 1. The minimum atomic E-state index is 0.269. The second kappa shape index (κ2) is 8.17. The summed E-state index contributed by atoms with van der Waals surface area (Å²) >= 11 is 0. The molecule has 2 heterocycles. The predicted octanol–water partition coefficient (Wildman–Crippen LogP) is 3.15. The standard InChI is InChI=1S/C20H32N4O/c1-22-13-7-10-17(20(22)18-11-12-21-24(18)3)15-23(2)19(25)14-16-8-5-4-6-9-16/h8,11-12,17,20H,4-7,9-10,13-15H2,1-3H3/t17-,20+/m0/s1. The van der Waals surface area contributed by atoms with Crippen LogP contribution >= 0.6 is 0 Å². The summed E-state index contributed by atoms with van der Waals surface area (Å²) in [5.74, 6) is 0.730. The highest BCUT2D eigenvalue weighted by Gasteiger charge is 2.33. The lowest BCUT2D eigenvalue weighted by Gasteiger charge is -2.40. The number of likely N-dealkylation sites (tertiary alicyclic amines) is 1. The van der Waals surface area contributed by atoms with Gasteiger partial charge in [0.1, 0.15) is 0 Å². The molecule has 3 rings (SSSR count). The Hall–Kier alpha value is -1.62. The molecule has 0 radical (unpaired) electrons. The maximum Gasteiger partial charge on any atom is 0.226 e. The van der Waals surface area contributed by atoms with E-state index in [-0.39, 0.29) is 5.91 Å². The van der Waals surface area contributed by atoms with Gasteiger partial charge in [0.2, 0.25) is 5.91 Å². The molecule has 1 aliphatic heterocycles. The fourth-order valence-corrected chi connectivity index (χ4v) is 4.44. The Kier molecular flexibility index (Phi) is 5.94. The van der Waals surface area contributed by atoms with E-state index in [0.29, 0.717) is 18.4 Å². The van der Waals surface area contributed by atoms with Crippen molar-refractivity contribution in [3.05, 3.63) is 29.6 Å². The van der Waals surface area contributed by atoms with Crippen molar-refractivity contribution >= 4 is 5.91 Å². The lowest BCUT2D eigenvalue weighted by Crippen LogP contribution is -2.43. The van der Waals surface area contributed by atoms with Crippen molar-refractivity contribution in [2.75, 3.05) is 27.2 Å². The van der Waals surface area contributed by atoms with Gasteiger partial charge in [0.15, 0.2) is 0 Å². The number of hydrogen-bond acceptors (Lipinski definition) is 3. The zero-order valence-electron chi connectivity index (χ0n) is 15.9. The third kappa shape index (κ3) is 4.32. The molecule has 138 valence electrons. The maximum atomic E-state index is 12.7. The van der Waals surface area contributed by atoms with Gasteiger partial charge in [0.25, 0.3) is 0 Å². The minimum absolute atomic E-state index is 0.269. The normalized spacial score (nSPS) is 24.8. The van der Waals surface area contributed by atoms with Crippen molar-refractivity contribution in [2.24, 2.45) is 13.0 Å². The van der Waals surface area contributed by atoms with Crippen molar-refractivity contribution < 1.29 is 4.79 Å². The van der Waals surface area contributed by atoms with Crippen molar-refractivity contribution in [1.29, 1.82) is 0 Å². The number of carbonyl (C=O) groups is 1. The molecule has 0 bridgehead atoms. The Labute approximate surface area is 151 Å². The first-order valence-electron chi connectivity index (χ1n) is 9.66. The predicted molar refractivity (Wildman–Crippen MR) is 100 cm³/mol. The van der Waals surface area contributed by atoms with Crippen molar-refractivity contribution in [2.45, 2.75) is 51.0 Å². The molecule has 1 fully saturated rings. The first-order valence-corrected chi connectivity index (χ1v) is 9.66. The number of piperidine rings is 1. The van der Waals surface area contributed by atoms with Gasteiger partial charge in [0, 0.05) is 33.3 Å². The van der Waals surface area contributed by atoms with Crippen LogP contribution in [0.4, 0.5) is 0 Å². The van der Waals surface area contributed by atoms with Gasteiger partial charge in [-0.2, -0.15) is 5.10 Å². The monoisotopic (exact) mass is 344 g/mol. The quantitative estimate of drug-likeness (QED) is 0.771. The van der Waals surface area contributed by atoms with E-state index in [1.807, 2.05) is 29.9 Å². The first kappa shape index (κ1) is 18.2. The summed E-state index contributed by atoms with van der Waals surface area (Å²) in [6.45, 7) is 1.93. The van der Waals surface area contributed by atoms with Crippen LogP contribution in [0.1, 0.15) is 56.7 Å². The second-order valence-electron chi connectivity index (χ2n) is 7.77. The summed E-state index contributed by atoms with van der Waals surface area (Å²) in [6, 6.07) is 2.46. The molecule has 0 N–H and O–H groups in total. The van der Waals surface area contributed by atoms with E-state index >= 15 is 0 Å². The van der Waals surface area contributed by atoms with Crippen LogP contribution < -0.4 is 0 Å². The van der Waals surface area contributed by atoms with Crippen LogP contribution in [0.25, 0.3) is 0 Å². The molecule has 0 unspecified atom stereocenters. The van der Waals surface area contributed by atoms with Crippen LogP contribution in [0.2, 0.25) is 0 Å². The van der Waals surface area contributed by atoms with Crippen LogP contribution in [0, 0.1) is 5.92 Å². The topological polar surface area (TPSA) is 41.4 Å². The zero-order chi connectivity index (χ0) is 17.8. The third-order valence-corrected chi connectivity index (χ3v) is 5.87. The van der Waals surface area contributed by atoms with Crippen molar-refractivity contribution in [1.82, 2.24) is 19.6 Å². The number of nitrogens with zero attached hydrogens (tertiary/aromatic N) is 4. The van der Waals surface area contributed by atoms with Gasteiger partial charge >= 0.3 is 0 Å². The minimum Gasteiger partial charge on any atom is -0.345 e. The lowest BCUT2D eigenvalue weighted by atomic mass is 9.86. The SMILES string of the molecule is CN(C[C@@H]1CCCN(C)[C@H]1c1ccnn1C)C(=O)CC1=CCCCC1. The van der Waals surface area contributed by atoms with Gasteiger partial charge in [-0.25, -0.2) is 0 Å². The second-order valence-corrected chi connectivity index (χ2v) is 7.77. The van der Waals surface area contributed by atoms with Crippen LogP contribution in [0.5, 0.6) is 0 Å². The average Bonchev–Trinajstić information content (AvgIpc) is 3.01. The highest BCUT2D eigenvalue weighted by molar-refractivity contribution is 5.78. The maximum absolute atomic E-state index is 12.7. The molecule has 0 spiro atoms. The molecule has 0 aromatic carbocycles. The third-order valence-electron chi connectivity index (χ3n) is 5.87. The summed E-state index contributed by atoms with van der Waals surface area (Å²) in [5.41, 5.74) is 2.59. The molecular formula is C20H32N4O. The summed E-state index contributed by atoms with van der Waals surface area (Å²) in [5, 5.41) is 4.35. The number of hydrogen-bond donors (Lipinski definition) is 0. The molecule has 2 atom stereocenters.